The van der Waals surface area contributed by atoms with E-state index < -0.39 is 0 Å². The van der Waals surface area contributed by atoms with E-state index in [0.717, 1.165) is 45.1 Å². The summed E-state index contributed by atoms with van der Waals surface area (Å²) in [4.78, 5) is 6.55. The molecule has 3 aliphatic rings. The van der Waals surface area contributed by atoms with Crippen LogP contribution in [0.2, 0.25) is 0 Å². The lowest BCUT2D eigenvalue weighted by atomic mass is 9.86. The minimum absolute atomic E-state index is 0.0398. The zero-order valence-corrected chi connectivity index (χ0v) is 12.9. The molecule has 1 atom stereocenters. The second kappa shape index (κ2) is 6.50. The van der Waals surface area contributed by atoms with Crippen molar-refractivity contribution < 1.29 is 14.2 Å². The second-order valence-corrected chi connectivity index (χ2v) is 6.44. The molecule has 3 rings (SSSR count). The molecular weight excluding hydrogens is 270 g/mol. The third-order valence-electron chi connectivity index (χ3n) is 4.74. The molecule has 1 spiro atoms. The molecule has 1 saturated carbocycles. The minimum atomic E-state index is -0.333. The number of hydrogen-bond donors (Lipinski definition) is 1. The Morgan fingerprint density at radius 2 is 2.00 bits per heavy atom. The molecule has 2 saturated heterocycles. The van der Waals surface area contributed by atoms with Crippen molar-refractivity contribution in [1.82, 2.24) is 4.90 Å². The van der Waals surface area contributed by atoms with Gasteiger partial charge >= 0.3 is 0 Å². The average Bonchev–Trinajstić information content (AvgIpc) is 2.92. The summed E-state index contributed by atoms with van der Waals surface area (Å²) < 4.78 is 17.4. The summed E-state index contributed by atoms with van der Waals surface area (Å²) >= 11 is 0. The summed E-state index contributed by atoms with van der Waals surface area (Å²) in [7, 11) is 0. The van der Waals surface area contributed by atoms with Crippen LogP contribution in [0.1, 0.15) is 32.6 Å². The van der Waals surface area contributed by atoms with Crippen molar-refractivity contribution in [2.45, 2.75) is 44.5 Å². The van der Waals surface area contributed by atoms with E-state index in [0.29, 0.717) is 19.1 Å². The number of guanidine groups is 1. The Kier molecular flexibility index (Phi) is 4.66. The van der Waals surface area contributed by atoms with Crippen LogP contribution in [0.15, 0.2) is 4.99 Å². The minimum Gasteiger partial charge on any atom is -0.378 e. The molecule has 0 amide bonds. The van der Waals surface area contributed by atoms with Crippen LogP contribution < -0.4 is 5.73 Å². The number of morpholine rings is 1. The first-order valence-corrected chi connectivity index (χ1v) is 8.11. The molecule has 1 aliphatic carbocycles. The first-order chi connectivity index (χ1) is 10.2. The van der Waals surface area contributed by atoms with E-state index in [9.17, 15) is 0 Å². The third-order valence-corrected chi connectivity index (χ3v) is 4.74. The maximum Gasteiger partial charge on any atom is 0.191 e. The zero-order chi connectivity index (χ0) is 14.7. The molecule has 3 fully saturated rings. The lowest BCUT2D eigenvalue weighted by molar-refractivity contribution is -0.190. The van der Waals surface area contributed by atoms with E-state index in [1.54, 1.807) is 0 Å². The fourth-order valence-corrected chi connectivity index (χ4v) is 3.26. The van der Waals surface area contributed by atoms with Gasteiger partial charge in [-0.2, -0.15) is 0 Å². The molecule has 0 aromatic carbocycles. The summed E-state index contributed by atoms with van der Waals surface area (Å²) in [5, 5.41) is 0. The molecular formula is C15H27N3O3. The van der Waals surface area contributed by atoms with Gasteiger partial charge in [0.05, 0.1) is 26.4 Å². The van der Waals surface area contributed by atoms with Crippen molar-refractivity contribution in [3.8, 4) is 0 Å². The van der Waals surface area contributed by atoms with Crippen LogP contribution in [0.25, 0.3) is 0 Å². The molecule has 0 aromatic rings. The van der Waals surface area contributed by atoms with Gasteiger partial charge in [0.1, 0.15) is 6.10 Å². The van der Waals surface area contributed by atoms with Gasteiger partial charge in [0.25, 0.3) is 0 Å². The summed E-state index contributed by atoms with van der Waals surface area (Å²) in [5.74, 6) is 1.05. The molecule has 2 heterocycles. The van der Waals surface area contributed by atoms with Crippen molar-refractivity contribution >= 4 is 5.96 Å². The van der Waals surface area contributed by atoms with E-state index in [4.69, 9.17) is 19.9 Å². The number of rotatable bonds is 2. The van der Waals surface area contributed by atoms with Gasteiger partial charge in [-0.15, -0.1) is 0 Å². The molecule has 1 unspecified atom stereocenters. The quantitative estimate of drug-likeness (QED) is 0.607. The molecule has 0 bridgehead atoms. The van der Waals surface area contributed by atoms with Gasteiger partial charge in [-0.25, -0.2) is 0 Å². The fourth-order valence-electron chi connectivity index (χ4n) is 3.26. The Balaban J connectivity index is 1.48. The smallest absolute Gasteiger partial charge is 0.191 e. The maximum atomic E-state index is 6.15. The lowest BCUT2D eigenvalue weighted by Crippen LogP contribution is -2.45. The van der Waals surface area contributed by atoms with Crippen LogP contribution in [0.5, 0.6) is 0 Å². The fraction of sp³-hybridized carbons (Fsp3) is 0.933. The highest BCUT2D eigenvalue weighted by molar-refractivity contribution is 5.78. The van der Waals surface area contributed by atoms with Crippen molar-refractivity contribution in [1.29, 1.82) is 0 Å². The average molecular weight is 297 g/mol. The third kappa shape index (κ3) is 3.67. The number of aliphatic imine (C=N–C) groups is 1. The van der Waals surface area contributed by atoms with Crippen molar-refractivity contribution in [2.75, 3.05) is 39.5 Å². The molecule has 120 valence electrons. The van der Waals surface area contributed by atoms with Gasteiger partial charge < -0.3 is 24.8 Å². The summed E-state index contributed by atoms with van der Waals surface area (Å²) in [6.45, 7) is 6.60. The van der Waals surface area contributed by atoms with Crippen LogP contribution in [-0.2, 0) is 14.2 Å². The molecule has 2 N–H and O–H groups in total. The molecule has 2 aliphatic heterocycles. The monoisotopic (exact) mass is 297 g/mol. The van der Waals surface area contributed by atoms with Crippen LogP contribution in [0.3, 0.4) is 0 Å². The molecule has 6 heteroatoms. The van der Waals surface area contributed by atoms with E-state index in [1.165, 1.54) is 12.8 Å². The first-order valence-electron chi connectivity index (χ1n) is 8.11. The highest BCUT2D eigenvalue weighted by Gasteiger charge is 2.43. The van der Waals surface area contributed by atoms with Crippen LogP contribution in [0.4, 0.5) is 0 Å². The van der Waals surface area contributed by atoms with Crippen LogP contribution in [-0.4, -0.2) is 62.2 Å². The number of ether oxygens (including phenoxy) is 3. The Morgan fingerprint density at radius 1 is 1.29 bits per heavy atom. The summed E-state index contributed by atoms with van der Waals surface area (Å²) in [6.07, 6.45) is 4.43. The summed E-state index contributed by atoms with van der Waals surface area (Å²) in [6, 6.07) is 0. The Morgan fingerprint density at radius 3 is 2.71 bits per heavy atom. The van der Waals surface area contributed by atoms with E-state index in [-0.39, 0.29) is 11.9 Å². The van der Waals surface area contributed by atoms with Gasteiger partial charge in [0, 0.05) is 25.9 Å². The van der Waals surface area contributed by atoms with Crippen LogP contribution >= 0.6 is 0 Å². The van der Waals surface area contributed by atoms with E-state index in [1.807, 2.05) is 0 Å². The zero-order valence-electron chi connectivity index (χ0n) is 12.9. The second-order valence-electron chi connectivity index (χ2n) is 6.44. The van der Waals surface area contributed by atoms with Gasteiger partial charge in [-0.1, -0.05) is 6.92 Å². The van der Waals surface area contributed by atoms with Gasteiger partial charge in [0.15, 0.2) is 11.7 Å². The highest BCUT2D eigenvalue weighted by Crippen LogP contribution is 2.39. The van der Waals surface area contributed by atoms with Gasteiger partial charge in [0.2, 0.25) is 0 Å². The van der Waals surface area contributed by atoms with E-state index >= 15 is 0 Å². The normalized spacial score (nSPS) is 38.1. The highest BCUT2D eigenvalue weighted by atomic mass is 16.7. The number of hydrogen-bond acceptors (Lipinski definition) is 4. The van der Waals surface area contributed by atoms with Crippen molar-refractivity contribution in [3.63, 3.8) is 0 Å². The maximum absolute atomic E-state index is 6.15. The lowest BCUT2D eigenvalue weighted by Gasteiger charge is -2.34. The van der Waals surface area contributed by atoms with Gasteiger partial charge in [-0.3, -0.25) is 4.99 Å². The number of nitrogens with zero attached hydrogens (tertiary/aromatic N) is 2. The SMILES string of the molecule is CC1CCC2(CC1)OCC(CN=C(N)N1CCOCC1)O2. The van der Waals surface area contributed by atoms with Gasteiger partial charge in [-0.05, 0) is 18.8 Å². The number of nitrogens with two attached hydrogens (primary N) is 1. The molecule has 6 nitrogen and oxygen atoms in total. The molecule has 0 aromatic heterocycles. The van der Waals surface area contributed by atoms with Crippen LogP contribution in [0, 0.1) is 5.92 Å². The Labute approximate surface area is 126 Å². The van der Waals surface area contributed by atoms with Crippen molar-refractivity contribution in [3.05, 3.63) is 0 Å². The standard InChI is InChI=1S/C15H27N3O3/c1-12-2-4-15(5-3-12)20-11-13(21-15)10-17-14(16)18-6-8-19-9-7-18/h12-13H,2-11H2,1H3,(H2,16,17). The molecule has 21 heavy (non-hydrogen) atoms. The topological polar surface area (TPSA) is 69.3 Å². The predicted molar refractivity (Wildman–Crippen MR) is 80.1 cm³/mol. The first kappa shape index (κ1) is 15.1. The Bertz CT molecular complexity index is 374. The molecule has 0 radical (unpaired) electrons. The summed E-state index contributed by atoms with van der Waals surface area (Å²) in [5.41, 5.74) is 6.04. The Hall–Kier alpha value is -0.850. The largest absolute Gasteiger partial charge is 0.378 e. The predicted octanol–water partition coefficient (Wildman–Crippen LogP) is 0.955. The van der Waals surface area contributed by atoms with E-state index in [2.05, 4.69) is 16.8 Å². The van der Waals surface area contributed by atoms with Crippen molar-refractivity contribution in [2.24, 2.45) is 16.6 Å².